The lowest BCUT2D eigenvalue weighted by Gasteiger charge is -2.07. The first-order valence-corrected chi connectivity index (χ1v) is 9.08. The van der Waals surface area contributed by atoms with Crippen LogP contribution in [0.3, 0.4) is 0 Å². The van der Waals surface area contributed by atoms with Gasteiger partial charge in [0.15, 0.2) is 0 Å². The quantitative estimate of drug-likeness (QED) is 0.748. The van der Waals surface area contributed by atoms with E-state index in [2.05, 4.69) is 15.6 Å². The molecule has 124 valence electrons. The summed E-state index contributed by atoms with van der Waals surface area (Å²) >= 11 is 0. The third kappa shape index (κ3) is 3.99. The standard InChI is InChI=1S/C17H18N4O2S/c1-24(23)15-6-4-5-13(11-15)20-17(22)18-9-8-14-12-21-10-3-2-7-16(21)19-14/h2-7,10-12H,8-9H2,1H3,(H2,18,20,22)/t24-/m0/s1. The highest BCUT2D eigenvalue weighted by atomic mass is 32.2. The molecule has 0 saturated heterocycles. The molecule has 0 radical (unpaired) electrons. The van der Waals surface area contributed by atoms with Crippen LogP contribution in [0.15, 0.2) is 59.8 Å². The number of nitrogens with one attached hydrogen (secondary N) is 2. The lowest BCUT2D eigenvalue weighted by atomic mass is 10.3. The minimum absolute atomic E-state index is 0.294. The van der Waals surface area contributed by atoms with Gasteiger partial charge >= 0.3 is 6.03 Å². The van der Waals surface area contributed by atoms with Crippen molar-refractivity contribution >= 4 is 28.2 Å². The van der Waals surface area contributed by atoms with E-state index >= 15 is 0 Å². The number of anilines is 1. The zero-order chi connectivity index (χ0) is 16.9. The van der Waals surface area contributed by atoms with Crippen molar-refractivity contribution in [2.24, 2.45) is 0 Å². The summed E-state index contributed by atoms with van der Waals surface area (Å²) < 4.78 is 13.4. The second kappa shape index (κ2) is 7.27. The van der Waals surface area contributed by atoms with Crippen molar-refractivity contribution in [1.82, 2.24) is 14.7 Å². The van der Waals surface area contributed by atoms with Crippen molar-refractivity contribution in [2.75, 3.05) is 18.1 Å². The summed E-state index contributed by atoms with van der Waals surface area (Å²) in [7, 11) is -1.07. The van der Waals surface area contributed by atoms with Gasteiger partial charge in [-0.2, -0.15) is 0 Å². The molecule has 1 atom stereocenters. The minimum atomic E-state index is -1.07. The smallest absolute Gasteiger partial charge is 0.319 e. The average molecular weight is 342 g/mol. The van der Waals surface area contributed by atoms with Gasteiger partial charge in [-0.05, 0) is 30.3 Å². The maximum atomic E-state index is 11.9. The molecule has 0 aliphatic rings. The predicted molar refractivity (Wildman–Crippen MR) is 94.7 cm³/mol. The Morgan fingerprint density at radius 1 is 1.25 bits per heavy atom. The summed E-state index contributed by atoms with van der Waals surface area (Å²) in [5.41, 5.74) is 2.43. The lowest BCUT2D eigenvalue weighted by molar-refractivity contribution is 0.252. The molecule has 6 nitrogen and oxygen atoms in total. The van der Waals surface area contributed by atoms with Gasteiger partial charge in [-0.15, -0.1) is 0 Å². The number of aromatic nitrogens is 2. The normalized spacial score (nSPS) is 12.0. The van der Waals surface area contributed by atoms with Gasteiger partial charge in [-0.25, -0.2) is 9.78 Å². The van der Waals surface area contributed by atoms with E-state index in [0.29, 0.717) is 23.5 Å². The Labute approximate surface area is 142 Å². The van der Waals surface area contributed by atoms with Crippen LogP contribution in [0.1, 0.15) is 5.69 Å². The van der Waals surface area contributed by atoms with E-state index in [-0.39, 0.29) is 6.03 Å². The first-order valence-electron chi connectivity index (χ1n) is 7.53. The fourth-order valence-electron chi connectivity index (χ4n) is 2.34. The molecule has 0 saturated carbocycles. The van der Waals surface area contributed by atoms with Crippen molar-refractivity contribution < 1.29 is 9.00 Å². The number of carbonyl (C=O) groups is 1. The Balaban J connectivity index is 1.52. The second-order valence-electron chi connectivity index (χ2n) is 5.31. The molecule has 0 bridgehead atoms. The van der Waals surface area contributed by atoms with Gasteiger partial charge in [0, 0.05) is 53.0 Å². The Bertz CT molecular complexity index is 858. The summed E-state index contributed by atoms with van der Waals surface area (Å²) in [6, 6.07) is 12.5. The Hall–Kier alpha value is -2.67. The number of benzene rings is 1. The molecule has 2 heterocycles. The summed E-state index contributed by atoms with van der Waals surface area (Å²) in [5, 5.41) is 5.54. The fraction of sp³-hybridized carbons (Fsp3) is 0.176. The van der Waals surface area contributed by atoms with Crippen LogP contribution in [-0.4, -0.2) is 32.4 Å². The lowest BCUT2D eigenvalue weighted by Crippen LogP contribution is -2.30. The minimum Gasteiger partial charge on any atom is -0.337 e. The van der Waals surface area contributed by atoms with Crippen LogP contribution in [0.4, 0.5) is 10.5 Å². The van der Waals surface area contributed by atoms with Crippen molar-refractivity contribution in [1.29, 1.82) is 0 Å². The number of carbonyl (C=O) groups excluding carboxylic acids is 1. The molecule has 2 aromatic heterocycles. The molecule has 0 unspecified atom stereocenters. The van der Waals surface area contributed by atoms with Crippen LogP contribution in [0.5, 0.6) is 0 Å². The SMILES string of the molecule is C[S@](=O)c1cccc(NC(=O)NCCc2cn3ccccc3n2)c1. The van der Waals surface area contributed by atoms with Gasteiger partial charge in [-0.3, -0.25) is 4.21 Å². The third-order valence-corrected chi connectivity index (χ3v) is 4.42. The largest absolute Gasteiger partial charge is 0.337 e. The molecule has 0 spiro atoms. The molecule has 3 aromatic rings. The van der Waals surface area contributed by atoms with Crippen molar-refractivity contribution in [2.45, 2.75) is 11.3 Å². The predicted octanol–water partition coefficient (Wildman–Crippen LogP) is 2.44. The van der Waals surface area contributed by atoms with Crippen molar-refractivity contribution in [3.8, 4) is 0 Å². The highest BCUT2D eigenvalue weighted by Crippen LogP contribution is 2.13. The summed E-state index contributed by atoms with van der Waals surface area (Å²) in [4.78, 5) is 17.1. The van der Waals surface area contributed by atoms with Crippen LogP contribution in [-0.2, 0) is 17.2 Å². The summed E-state index contributed by atoms with van der Waals surface area (Å²) in [6.07, 6.45) is 6.15. The Morgan fingerprint density at radius 2 is 2.12 bits per heavy atom. The van der Waals surface area contributed by atoms with E-state index in [9.17, 15) is 9.00 Å². The van der Waals surface area contributed by atoms with E-state index in [1.165, 1.54) is 0 Å². The molecule has 1 aromatic carbocycles. The van der Waals surface area contributed by atoms with Crippen LogP contribution >= 0.6 is 0 Å². The number of imidazole rings is 1. The monoisotopic (exact) mass is 342 g/mol. The highest BCUT2D eigenvalue weighted by Gasteiger charge is 2.05. The fourth-order valence-corrected chi connectivity index (χ4v) is 2.90. The highest BCUT2D eigenvalue weighted by molar-refractivity contribution is 7.84. The topological polar surface area (TPSA) is 75.5 Å². The Kier molecular flexibility index (Phi) is 4.90. The molecular formula is C17H18N4O2S. The number of hydrogen-bond acceptors (Lipinski definition) is 3. The molecule has 0 aliphatic carbocycles. The maximum Gasteiger partial charge on any atom is 0.319 e. The first kappa shape index (κ1) is 16.2. The van der Waals surface area contributed by atoms with Gasteiger partial charge in [0.1, 0.15) is 5.65 Å². The number of amides is 2. The zero-order valence-corrected chi connectivity index (χ0v) is 14.0. The molecule has 24 heavy (non-hydrogen) atoms. The second-order valence-corrected chi connectivity index (χ2v) is 6.69. The van der Waals surface area contributed by atoms with Gasteiger partial charge in [0.25, 0.3) is 0 Å². The van der Waals surface area contributed by atoms with Crippen LogP contribution in [0.25, 0.3) is 5.65 Å². The van der Waals surface area contributed by atoms with E-state index < -0.39 is 10.8 Å². The number of fused-ring (bicyclic) bond motifs is 1. The van der Waals surface area contributed by atoms with Gasteiger partial charge in [-0.1, -0.05) is 12.1 Å². The zero-order valence-electron chi connectivity index (χ0n) is 13.2. The van der Waals surface area contributed by atoms with Crippen LogP contribution < -0.4 is 10.6 Å². The number of rotatable bonds is 5. The molecule has 7 heteroatoms. The summed E-state index contributed by atoms with van der Waals surface area (Å²) in [6.45, 7) is 0.481. The number of pyridine rings is 1. The van der Waals surface area contributed by atoms with Gasteiger partial charge in [0.2, 0.25) is 0 Å². The van der Waals surface area contributed by atoms with Crippen molar-refractivity contribution in [3.63, 3.8) is 0 Å². The molecule has 2 N–H and O–H groups in total. The van der Waals surface area contributed by atoms with Gasteiger partial charge in [0.05, 0.1) is 5.69 Å². The van der Waals surface area contributed by atoms with Crippen LogP contribution in [0.2, 0.25) is 0 Å². The third-order valence-electron chi connectivity index (χ3n) is 3.50. The first-order chi connectivity index (χ1) is 11.6. The van der Waals surface area contributed by atoms with E-state index in [1.54, 1.807) is 30.5 Å². The van der Waals surface area contributed by atoms with Crippen molar-refractivity contribution in [3.05, 3.63) is 60.6 Å². The maximum absolute atomic E-state index is 11.9. The molecular weight excluding hydrogens is 324 g/mol. The van der Waals surface area contributed by atoms with E-state index in [0.717, 1.165) is 11.3 Å². The molecule has 3 rings (SSSR count). The van der Waals surface area contributed by atoms with E-state index in [1.807, 2.05) is 35.0 Å². The van der Waals surface area contributed by atoms with E-state index in [4.69, 9.17) is 0 Å². The summed E-state index contributed by atoms with van der Waals surface area (Å²) in [5.74, 6) is 0. The number of urea groups is 1. The molecule has 0 aliphatic heterocycles. The van der Waals surface area contributed by atoms with Crippen LogP contribution in [0, 0.1) is 0 Å². The number of nitrogens with zero attached hydrogens (tertiary/aromatic N) is 2. The molecule has 0 fully saturated rings. The van der Waals surface area contributed by atoms with Gasteiger partial charge < -0.3 is 15.0 Å². The number of hydrogen-bond donors (Lipinski definition) is 2. The average Bonchev–Trinajstić information content (AvgIpc) is 2.97. The Morgan fingerprint density at radius 3 is 2.92 bits per heavy atom. The molecule has 2 amide bonds.